The number of carbonyl (C=O) groups is 1. The van der Waals surface area contributed by atoms with Gasteiger partial charge in [0.2, 0.25) is 5.91 Å². The molecule has 1 heterocycles. The van der Waals surface area contributed by atoms with Crippen LogP contribution in [-0.2, 0) is 4.79 Å². The van der Waals surface area contributed by atoms with E-state index >= 15 is 0 Å². The average molecular weight is 196 g/mol. The second-order valence-electron chi connectivity index (χ2n) is 4.59. The van der Waals surface area contributed by atoms with Gasteiger partial charge in [-0.25, -0.2) is 0 Å². The van der Waals surface area contributed by atoms with Crippen molar-refractivity contribution >= 4 is 5.91 Å². The molecular formula is C11H20N2O. The van der Waals surface area contributed by atoms with E-state index in [0.717, 1.165) is 25.6 Å². The van der Waals surface area contributed by atoms with Gasteiger partial charge in [0, 0.05) is 19.6 Å². The van der Waals surface area contributed by atoms with Crippen LogP contribution in [0.15, 0.2) is 0 Å². The zero-order valence-electron chi connectivity index (χ0n) is 8.72. The third-order valence-electron chi connectivity index (χ3n) is 3.48. The number of amides is 1. The second-order valence-corrected chi connectivity index (χ2v) is 4.59. The van der Waals surface area contributed by atoms with E-state index in [4.69, 9.17) is 0 Å². The molecule has 80 valence electrons. The average Bonchev–Trinajstić information content (AvgIpc) is 2.53. The van der Waals surface area contributed by atoms with Crippen molar-refractivity contribution in [2.45, 2.75) is 32.1 Å². The molecule has 1 aliphatic carbocycles. The lowest BCUT2D eigenvalue weighted by Crippen LogP contribution is -2.50. The molecule has 0 aromatic heterocycles. The summed E-state index contributed by atoms with van der Waals surface area (Å²) in [5.74, 6) is 1.38. The Hall–Kier alpha value is -0.570. The fourth-order valence-corrected chi connectivity index (χ4v) is 2.32. The lowest BCUT2D eigenvalue weighted by atomic mass is 10.0. The van der Waals surface area contributed by atoms with Gasteiger partial charge in [0.1, 0.15) is 0 Å². The Morgan fingerprint density at radius 1 is 1.29 bits per heavy atom. The van der Waals surface area contributed by atoms with Gasteiger partial charge in [-0.05, 0) is 12.3 Å². The van der Waals surface area contributed by atoms with E-state index in [0.29, 0.717) is 0 Å². The van der Waals surface area contributed by atoms with E-state index in [-0.39, 0.29) is 11.8 Å². The standard InChI is InChI=1S/C11H20N2O/c14-11(10-7-12-8-10)13-6-5-9-3-1-2-4-9/h9-10,12H,1-8H2,(H,13,14). The van der Waals surface area contributed by atoms with Gasteiger partial charge in [0.15, 0.2) is 0 Å². The maximum Gasteiger partial charge on any atom is 0.225 e. The summed E-state index contributed by atoms with van der Waals surface area (Å²) in [6.07, 6.45) is 6.73. The Labute approximate surface area is 85.6 Å². The van der Waals surface area contributed by atoms with Crippen LogP contribution in [0.3, 0.4) is 0 Å². The molecule has 0 unspecified atom stereocenters. The van der Waals surface area contributed by atoms with Crippen LogP contribution in [0.1, 0.15) is 32.1 Å². The largest absolute Gasteiger partial charge is 0.356 e. The molecule has 2 fully saturated rings. The topological polar surface area (TPSA) is 41.1 Å². The van der Waals surface area contributed by atoms with Crippen LogP contribution in [0.25, 0.3) is 0 Å². The van der Waals surface area contributed by atoms with E-state index in [9.17, 15) is 4.79 Å². The number of rotatable bonds is 4. The zero-order chi connectivity index (χ0) is 9.80. The van der Waals surface area contributed by atoms with Crippen molar-refractivity contribution in [3.8, 4) is 0 Å². The van der Waals surface area contributed by atoms with Crippen molar-refractivity contribution in [2.75, 3.05) is 19.6 Å². The predicted octanol–water partition coefficient (Wildman–Crippen LogP) is 0.902. The quantitative estimate of drug-likeness (QED) is 0.701. The molecule has 1 amide bonds. The molecule has 2 aliphatic rings. The highest BCUT2D eigenvalue weighted by Crippen LogP contribution is 2.26. The number of hydrogen-bond acceptors (Lipinski definition) is 2. The number of carbonyl (C=O) groups excluding carboxylic acids is 1. The molecule has 0 radical (unpaired) electrons. The van der Waals surface area contributed by atoms with E-state index in [1.165, 1.54) is 32.1 Å². The first-order valence-electron chi connectivity index (χ1n) is 5.84. The van der Waals surface area contributed by atoms with Crippen LogP contribution < -0.4 is 10.6 Å². The van der Waals surface area contributed by atoms with Crippen LogP contribution in [0, 0.1) is 11.8 Å². The first-order valence-corrected chi connectivity index (χ1v) is 5.84. The Morgan fingerprint density at radius 2 is 2.00 bits per heavy atom. The summed E-state index contributed by atoms with van der Waals surface area (Å²) in [7, 11) is 0. The maximum absolute atomic E-state index is 11.4. The molecule has 3 heteroatoms. The number of hydrogen-bond donors (Lipinski definition) is 2. The Balaban J connectivity index is 1.55. The van der Waals surface area contributed by atoms with Gasteiger partial charge in [0.05, 0.1) is 5.92 Å². The highest BCUT2D eigenvalue weighted by atomic mass is 16.2. The fourth-order valence-electron chi connectivity index (χ4n) is 2.32. The minimum atomic E-state index is 0.249. The summed E-state index contributed by atoms with van der Waals surface area (Å²) in [5.41, 5.74) is 0. The Morgan fingerprint density at radius 3 is 2.57 bits per heavy atom. The van der Waals surface area contributed by atoms with Gasteiger partial charge in [0.25, 0.3) is 0 Å². The molecule has 1 saturated carbocycles. The molecule has 0 spiro atoms. The van der Waals surface area contributed by atoms with Crippen LogP contribution in [0.2, 0.25) is 0 Å². The molecule has 1 saturated heterocycles. The van der Waals surface area contributed by atoms with Crippen molar-refractivity contribution in [2.24, 2.45) is 11.8 Å². The zero-order valence-corrected chi connectivity index (χ0v) is 8.72. The summed E-state index contributed by atoms with van der Waals surface area (Å²) < 4.78 is 0. The lowest BCUT2D eigenvalue weighted by molar-refractivity contribution is -0.126. The van der Waals surface area contributed by atoms with E-state index in [2.05, 4.69) is 10.6 Å². The van der Waals surface area contributed by atoms with Gasteiger partial charge in [-0.15, -0.1) is 0 Å². The minimum Gasteiger partial charge on any atom is -0.356 e. The first kappa shape index (κ1) is 9.97. The van der Waals surface area contributed by atoms with Crippen LogP contribution in [-0.4, -0.2) is 25.5 Å². The summed E-state index contributed by atoms with van der Waals surface area (Å²) in [6, 6.07) is 0. The highest BCUT2D eigenvalue weighted by molar-refractivity contribution is 5.79. The molecule has 2 rings (SSSR count). The van der Waals surface area contributed by atoms with Crippen LogP contribution in [0.5, 0.6) is 0 Å². The summed E-state index contributed by atoms with van der Waals surface area (Å²) in [6.45, 7) is 2.63. The predicted molar refractivity (Wildman–Crippen MR) is 55.9 cm³/mol. The van der Waals surface area contributed by atoms with Gasteiger partial charge in [-0.2, -0.15) is 0 Å². The molecule has 2 N–H and O–H groups in total. The van der Waals surface area contributed by atoms with Gasteiger partial charge < -0.3 is 10.6 Å². The third-order valence-corrected chi connectivity index (χ3v) is 3.48. The molecule has 0 aromatic rings. The van der Waals surface area contributed by atoms with Crippen molar-refractivity contribution < 1.29 is 4.79 Å². The molecule has 1 aliphatic heterocycles. The SMILES string of the molecule is O=C(NCCC1CCCC1)C1CNC1. The highest BCUT2D eigenvalue weighted by Gasteiger charge is 2.24. The minimum absolute atomic E-state index is 0.249. The van der Waals surface area contributed by atoms with Gasteiger partial charge in [-0.1, -0.05) is 25.7 Å². The molecular weight excluding hydrogens is 176 g/mol. The van der Waals surface area contributed by atoms with Gasteiger partial charge in [-0.3, -0.25) is 4.79 Å². The van der Waals surface area contributed by atoms with Crippen molar-refractivity contribution in [1.82, 2.24) is 10.6 Å². The van der Waals surface area contributed by atoms with E-state index < -0.39 is 0 Å². The first-order chi connectivity index (χ1) is 6.86. The smallest absolute Gasteiger partial charge is 0.225 e. The fraction of sp³-hybridized carbons (Fsp3) is 0.909. The molecule has 0 bridgehead atoms. The summed E-state index contributed by atoms with van der Waals surface area (Å²) >= 11 is 0. The maximum atomic E-state index is 11.4. The van der Waals surface area contributed by atoms with Crippen LogP contribution in [0.4, 0.5) is 0 Å². The van der Waals surface area contributed by atoms with Crippen molar-refractivity contribution in [3.63, 3.8) is 0 Å². The van der Waals surface area contributed by atoms with Gasteiger partial charge >= 0.3 is 0 Å². The molecule has 14 heavy (non-hydrogen) atoms. The molecule has 3 nitrogen and oxygen atoms in total. The molecule has 0 atom stereocenters. The Bertz CT molecular complexity index is 195. The van der Waals surface area contributed by atoms with E-state index in [1.807, 2.05) is 0 Å². The Kier molecular flexibility index (Phi) is 3.40. The monoisotopic (exact) mass is 196 g/mol. The normalized spacial score (nSPS) is 23.4. The molecule has 0 aromatic carbocycles. The number of nitrogens with one attached hydrogen (secondary N) is 2. The third kappa shape index (κ3) is 2.47. The lowest BCUT2D eigenvalue weighted by Gasteiger charge is -2.26. The van der Waals surface area contributed by atoms with Crippen LogP contribution >= 0.6 is 0 Å². The summed E-state index contributed by atoms with van der Waals surface area (Å²) in [5, 5.41) is 6.15. The van der Waals surface area contributed by atoms with Crippen molar-refractivity contribution in [3.05, 3.63) is 0 Å². The summed E-state index contributed by atoms with van der Waals surface area (Å²) in [4.78, 5) is 11.4. The second kappa shape index (κ2) is 4.78. The van der Waals surface area contributed by atoms with E-state index in [1.54, 1.807) is 0 Å². The van der Waals surface area contributed by atoms with Crippen molar-refractivity contribution in [1.29, 1.82) is 0 Å².